The normalized spacial score (nSPS) is 13.1. The van der Waals surface area contributed by atoms with Crippen LogP contribution in [-0.2, 0) is 18.3 Å². The minimum atomic E-state index is -0.899. The van der Waals surface area contributed by atoms with Crippen molar-refractivity contribution in [1.29, 1.82) is 5.26 Å². The number of rotatable bonds is 5. The SMILES string of the molecule is CCc1cc2ccc(C(C)(C#N)Cc3nc(Cl)cc(OC)n3)cc2[nH]c1=O. The Morgan fingerprint density at radius 2 is 2.07 bits per heavy atom. The number of H-pyrrole nitrogens is 1. The van der Waals surface area contributed by atoms with Crippen LogP contribution in [0, 0.1) is 11.3 Å². The Morgan fingerprint density at radius 1 is 1.30 bits per heavy atom. The number of nitrogens with zero attached hydrogens (tertiary/aromatic N) is 3. The van der Waals surface area contributed by atoms with Gasteiger partial charge in [-0.05, 0) is 36.4 Å². The van der Waals surface area contributed by atoms with Gasteiger partial charge in [0, 0.05) is 23.6 Å². The molecule has 1 atom stereocenters. The van der Waals surface area contributed by atoms with Crippen molar-refractivity contribution < 1.29 is 4.74 Å². The molecule has 0 aliphatic carbocycles. The summed E-state index contributed by atoms with van der Waals surface area (Å²) < 4.78 is 5.12. The molecule has 138 valence electrons. The van der Waals surface area contributed by atoms with Gasteiger partial charge in [-0.2, -0.15) is 10.2 Å². The maximum atomic E-state index is 12.1. The zero-order valence-corrected chi connectivity index (χ0v) is 16.1. The van der Waals surface area contributed by atoms with Gasteiger partial charge in [-0.25, -0.2) is 4.98 Å². The van der Waals surface area contributed by atoms with Gasteiger partial charge in [-0.1, -0.05) is 30.7 Å². The van der Waals surface area contributed by atoms with Crippen LogP contribution in [0.1, 0.15) is 30.8 Å². The second kappa shape index (κ2) is 7.37. The molecule has 3 aromatic rings. The topological polar surface area (TPSA) is 91.7 Å². The Kier molecular flexibility index (Phi) is 5.15. The molecule has 0 bridgehead atoms. The Labute approximate surface area is 161 Å². The van der Waals surface area contributed by atoms with Gasteiger partial charge in [0.15, 0.2) is 0 Å². The number of aromatic nitrogens is 3. The number of ether oxygens (including phenoxy) is 1. The van der Waals surface area contributed by atoms with E-state index in [0.29, 0.717) is 23.6 Å². The second-order valence-electron chi connectivity index (χ2n) is 6.55. The average molecular weight is 383 g/mol. The summed E-state index contributed by atoms with van der Waals surface area (Å²) in [6.07, 6.45) is 0.917. The summed E-state index contributed by atoms with van der Waals surface area (Å²) in [6.45, 7) is 3.75. The van der Waals surface area contributed by atoms with Crippen LogP contribution >= 0.6 is 11.6 Å². The van der Waals surface area contributed by atoms with E-state index in [1.54, 1.807) is 0 Å². The molecule has 7 heteroatoms. The molecule has 0 aliphatic rings. The van der Waals surface area contributed by atoms with Gasteiger partial charge in [0.1, 0.15) is 11.0 Å². The van der Waals surface area contributed by atoms with Crippen LogP contribution in [0.5, 0.6) is 5.88 Å². The van der Waals surface area contributed by atoms with Crippen LogP contribution in [0.4, 0.5) is 0 Å². The molecular weight excluding hydrogens is 364 g/mol. The Morgan fingerprint density at radius 3 is 2.74 bits per heavy atom. The standard InChI is InChI=1S/C20H19ClN4O2/c1-4-12-7-13-5-6-14(8-15(13)23-19(12)26)20(2,11-22)10-17-24-16(21)9-18(25-17)27-3/h5-9H,4,10H2,1-3H3,(H,23,26). The third-order valence-corrected chi connectivity index (χ3v) is 4.82. The van der Waals surface area contributed by atoms with Crippen LogP contribution < -0.4 is 10.3 Å². The first-order chi connectivity index (χ1) is 12.9. The van der Waals surface area contributed by atoms with Crippen LogP contribution in [0.2, 0.25) is 5.15 Å². The molecule has 0 aliphatic heterocycles. The summed E-state index contributed by atoms with van der Waals surface area (Å²) in [6, 6.07) is 11.4. The highest BCUT2D eigenvalue weighted by atomic mass is 35.5. The van der Waals surface area contributed by atoms with E-state index in [-0.39, 0.29) is 17.1 Å². The summed E-state index contributed by atoms with van der Waals surface area (Å²) in [4.78, 5) is 23.5. The molecule has 2 aromatic heterocycles. The van der Waals surface area contributed by atoms with E-state index in [9.17, 15) is 10.1 Å². The van der Waals surface area contributed by atoms with Crippen molar-refractivity contribution >= 4 is 22.5 Å². The minimum absolute atomic E-state index is 0.108. The predicted molar refractivity (Wildman–Crippen MR) is 104 cm³/mol. The van der Waals surface area contributed by atoms with Gasteiger partial charge in [0.05, 0.1) is 18.6 Å². The van der Waals surface area contributed by atoms with Crippen molar-refractivity contribution in [2.24, 2.45) is 0 Å². The van der Waals surface area contributed by atoms with Crippen molar-refractivity contribution in [3.63, 3.8) is 0 Å². The van der Waals surface area contributed by atoms with Crippen molar-refractivity contribution in [2.75, 3.05) is 7.11 Å². The lowest BCUT2D eigenvalue weighted by molar-refractivity contribution is 0.393. The first-order valence-electron chi connectivity index (χ1n) is 8.53. The highest BCUT2D eigenvalue weighted by molar-refractivity contribution is 6.29. The number of methoxy groups -OCH3 is 1. The Balaban J connectivity index is 2.05. The monoisotopic (exact) mass is 382 g/mol. The van der Waals surface area contributed by atoms with E-state index in [4.69, 9.17) is 16.3 Å². The summed E-state index contributed by atoms with van der Waals surface area (Å²) in [5, 5.41) is 11.0. The average Bonchev–Trinajstić information content (AvgIpc) is 2.66. The lowest BCUT2D eigenvalue weighted by atomic mass is 9.80. The first-order valence-corrected chi connectivity index (χ1v) is 8.91. The van der Waals surface area contributed by atoms with E-state index in [1.807, 2.05) is 38.1 Å². The van der Waals surface area contributed by atoms with E-state index < -0.39 is 5.41 Å². The zero-order valence-electron chi connectivity index (χ0n) is 15.3. The first kappa shape index (κ1) is 18.9. The molecule has 6 nitrogen and oxygen atoms in total. The zero-order chi connectivity index (χ0) is 19.6. The van der Waals surface area contributed by atoms with Crippen molar-refractivity contribution in [2.45, 2.75) is 32.1 Å². The summed E-state index contributed by atoms with van der Waals surface area (Å²) in [7, 11) is 1.50. The van der Waals surface area contributed by atoms with Gasteiger partial charge in [0.2, 0.25) is 5.88 Å². The van der Waals surface area contributed by atoms with Crippen molar-refractivity contribution in [3.8, 4) is 11.9 Å². The van der Waals surface area contributed by atoms with Crippen LogP contribution in [0.25, 0.3) is 10.9 Å². The molecule has 2 heterocycles. The van der Waals surface area contributed by atoms with Gasteiger partial charge in [-0.15, -0.1) is 0 Å². The van der Waals surface area contributed by atoms with E-state index in [2.05, 4.69) is 21.0 Å². The number of fused-ring (bicyclic) bond motifs is 1. The Hall–Kier alpha value is -2.91. The molecule has 0 saturated heterocycles. The highest BCUT2D eigenvalue weighted by Gasteiger charge is 2.29. The smallest absolute Gasteiger partial charge is 0.251 e. The summed E-state index contributed by atoms with van der Waals surface area (Å²) in [5.74, 6) is 0.763. The maximum Gasteiger partial charge on any atom is 0.251 e. The fourth-order valence-corrected chi connectivity index (χ4v) is 3.19. The third-order valence-electron chi connectivity index (χ3n) is 4.63. The molecule has 1 aromatic carbocycles. The quantitative estimate of drug-likeness (QED) is 0.681. The largest absolute Gasteiger partial charge is 0.481 e. The molecule has 0 fully saturated rings. The maximum absolute atomic E-state index is 12.1. The van der Waals surface area contributed by atoms with Crippen LogP contribution in [-0.4, -0.2) is 22.1 Å². The Bertz CT molecular complexity index is 1100. The summed E-state index contributed by atoms with van der Waals surface area (Å²) >= 11 is 6.02. The lowest BCUT2D eigenvalue weighted by Gasteiger charge is -2.22. The number of hydrogen-bond acceptors (Lipinski definition) is 5. The number of pyridine rings is 1. The number of halogens is 1. The molecule has 0 radical (unpaired) electrons. The van der Waals surface area contributed by atoms with Crippen molar-refractivity contribution in [1.82, 2.24) is 15.0 Å². The fraction of sp³-hybridized carbons (Fsp3) is 0.300. The lowest BCUT2D eigenvalue weighted by Crippen LogP contribution is -2.24. The number of hydrogen-bond donors (Lipinski definition) is 1. The predicted octanol–water partition coefficient (Wildman–Crippen LogP) is 3.57. The molecule has 0 amide bonds. The van der Waals surface area contributed by atoms with Crippen LogP contribution in [0.3, 0.4) is 0 Å². The molecule has 0 spiro atoms. The van der Waals surface area contributed by atoms with Gasteiger partial charge < -0.3 is 9.72 Å². The van der Waals surface area contributed by atoms with Crippen LogP contribution in [0.15, 0.2) is 35.1 Å². The number of nitrogens with one attached hydrogen (secondary N) is 1. The molecule has 3 rings (SSSR count). The highest BCUT2D eigenvalue weighted by Crippen LogP contribution is 2.29. The van der Waals surface area contributed by atoms with Gasteiger partial charge in [0.25, 0.3) is 5.56 Å². The molecular formula is C20H19ClN4O2. The molecule has 0 saturated carbocycles. The van der Waals surface area contributed by atoms with Crippen molar-refractivity contribution in [3.05, 3.63) is 62.8 Å². The molecule has 1 unspecified atom stereocenters. The summed E-state index contributed by atoms with van der Waals surface area (Å²) in [5.41, 5.74) is 1.19. The number of nitriles is 1. The third kappa shape index (κ3) is 3.79. The van der Waals surface area contributed by atoms with E-state index in [0.717, 1.165) is 16.5 Å². The second-order valence-corrected chi connectivity index (χ2v) is 6.94. The van der Waals surface area contributed by atoms with Gasteiger partial charge in [-0.3, -0.25) is 4.79 Å². The number of aryl methyl sites for hydroxylation is 1. The van der Waals surface area contributed by atoms with E-state index in [1.165, 1.54) is 13.2 Å². The fourth-order valence-electron chi connectivity index (χ4n) is 3.00. The van der Waals surface area contributed by atoms with Gasteiger partial charge >= 0.3 is 0 Å². The minimum Gasteiger partial charge on any atom is -0.481 e. The van der Waals surface area contributed by atoms with E-state index >= 15 is 0 Å². The molecule has 27 heavy (non-hydrogen) atoms. The number of benzene rings is 1. The number of aromatic amines is 1. The molecule has 1 N–H and O–H groups in total.